The average Bonchev–Trinajstić information content (AvgIpc) is 3.68. The summed E-state index contributed by atoms with van der Waals surface area (Å²) in [6.45, 7) is 6.43. The highest BCUT2D eigenvalue weighted by Crippen LogP contribution is 2.39. The highest BCUT2D eigenvalue weighted by Gasteiger charge is 2.53. The summed E-state index contributed by atoms with van der Waals surface area (Å²) in [4.78, 5) is 46.5. The van der Waals surface area contributed by atoms with Gasteiger partial charge in [-0.15, -0.1) is 0 Å². The number of nitrogens with one attached hydrogen (secondary N) is 2. The van der Waals surface area contributed by atoms with E-state index in [2.05, 4.69) is 15.6 Å². The summed E-state index contributed by atoms with van der Waals surface area (Å²) >= 11 is 0. The molecule has 2 N–H and O–H groups in total. The molecule has 0 saturated heterocycles. The minimum atomic E-state index is -1.14. The van der Waals surface area contributed by atoms with Crippen LogP contribution >= 0.6 is 0 Å². The lowest BCUT2D eigenvalue weighted by molar-refractivity contribution is -0.133. The van der Waals surface area contributed by atoms with Gasteiger partial charge in [-0.1, -0.05) is 30.3 Å². The molecule has 210 valence electrons. The van der Waals surface area contributed by atoms with E-state index in [9.17, 15) is 14.4 Å². The van der Waals surface area contributed by atoms with Crippen molar-refractivity contribution in [1.29, 1.82) is 0 Å². The van der Waals surface area contributed by atoms with Crippen molar-refractivity contribution in [3.05, 3.63) is 77.4 Å². The van der Waals surface area contributed by atoms with Crippen LogP contribution in [0.25, 0.3) is 0 Å². The van der Waals surface area contributed by atoms with Crippen LogP contribution in [-0.2, 0) is 24.4 Å². The van der Waals surface area contributed by atoms with Gasteiger partial charge in [0.05, 0.1) is 26.1 Å². The van der Waals surface area contributed by atoms with Crippen LogP contribution in [0.2, 0.25) is 0 Å². The lowest BCUT2D eigenvalue weighted by Gasteiger charge is -2.44. The largest absolute Gasteiger partial charge is 0.496 e. The summed E-state index contributed by atoms with van der Waals surface area (Å²) in [5.41, 5.74) is 0.864. The number of carbonyl (C=O) groups is 3. The molecule has 0 unspecified atom stereocenters. The molecule has 1 fully saturated rings. The Kier molecular flexibility index (Phi) is 7.51. The number of imidazole rings is 1. The molecule has 3 amide bonds. The molecule has 0 radical (unpaired) electrons. The Morgan fingerprint density at radius 2 is 1.80 bits per heavy atom. The molecular formula is C30H35N5O5. The van der Waals surface area contributed by atoms with Crippen molar-refractivity contribution in [3.8, 4) is 11.5 Å². The Bertz CT molecular complexity index is 1410. The first-order chi connectivity index (χ1) is 19.2. The summed E-state index contributed by atoms with van der Waals surface area (Å²) < 4.78 is 12.7. The number of methoxy groups -OCH3 is 1. The minimum absolute atomic E-state index is 0.0550. The SMILES string of the molecule is COc1ccccc1CNC(=O)[C@@]1(C)Cn2cnc(C(=O)NCc3ccc(OC(C)C)cc3)c2C(=O)N1C1CC1. The standard InChI is InChI=1S/C30H35N5O5/c1-19(2)40-23-13-9-20(10-14-23)15-31-27(36)25-26-28(37)35(22-11-12-22)30(3,17-34(26)18-33-25)29(38)32-16-21-7-5-6-8-24(21)39-4/h5-10,13-14,18-19,22H,11-12,15-17H2,1-4H3,(H,31,36)(H,32,38)/t30-/m1/s1. The van der Waals surface area contributed by atoms with Crippen LogP contribution in [0.3, 0.4) is 0 Å². The molecule has 2 aliphatic rings. The number of amides is 3. The van der Waals surface area contributed by atoms with Gasteiger partial charge < -0.3 is 29.6 Å². The van der Waals surface area contributed by atoms with Crippen molar-refractivity contribution in [1.82, 2.24) is 25.1 Å². The number of ether oxygens (including phenoxy) is 2. The lowest BCUT2D eigenvalue weighted by Crippen LogP contribution is -2.64. The van der Waals surface area contributed by atoms with Gasteiger partial charge >= 0.3 is 0 Å². The summed E-state index contributed by atoms with van der Waals surface area (Å²) in [6, 6.07) is 14.9. The Balaban J connectivity index is 1.31. The fraction of sp³-hybridized carbons (Fsp3) is 0.400. The third-order valence-corrected chi connectivity index (χ3v) is 7.27. The quantitative estimate of drug-likeness (QED) is 0.404. The number of fused-ring (bicyclic) bond motifs is 1. The Labute approximate surface area is 233 Å². The number of benzene rings is 2. The van der Waals surface area contributed by atoms with Crippen molar-refractivity contribution in [2.45, 2.75) is 70.9 Å². The highest BCUT2D eigenvalue weighted by molar-refractivity contribution is 6.07. The van der Waals surface area contributed by atoms with Crippen molar-refractivity contribution in [3.63, 3.8) is 0 Å². The first-order valence-corrected chi connectivity index (χ1v) is 13.5. The third kappa shape index (κ3) is 5.38. The molecule has 1 atom stereocenters. The first-order valence-electron chi connectivity index (χ1n) is 13.5. The fourth-order valence-corrected chi connectivity index (χ4v) is 5.16. The topological polar surface area (TPSA) is 115 Å². The second-order valence-electron chi connectivity index (χ2n) is 10.7. The van der Waals surface area contributed by atoms with Gasteiger partial charge in [-0.3, -0.25) is 14.4 Å². The van der Waals surface area contributed by atoms with Crippen LogP contribution < -0.4 is 20.1 Å². The molecule has 3 aromatic rings. The number of hydrogen-bond donors (Lipinski definition) is 2. The molecule has 1 aliphatic heterocycles. The number of rotatable bonds is 10. The highest BCUT2D eigenvalue weighted by atomic mass is 16.5. The van der Waals surface area contributed by atoms with Crippen molar-refractivity contribution in [2.75, 3.05) is 7.11 Å². The normalized spacial score (nSPS) is 18.3. The van der Waals surface area contributed by atoms with E-state index in [1.807, 2.05) is 62.4 Å². The summed E-state index contributed by atoms with van der Waals surface area (Å²) in [7, 11) is 1.59. The van der Waals surface area contributed by atoms with E-state index >= 15 is 0 Å². The van der Waals surface area contributed by atoms with Gasteiger partial charge in [0.15, 0.2) is 5.69 Å². The number of carbonyl (C=O) groups excluding carboxylic acids is 3. The van der Waals surface area contributed by atoms with E-state index in [0.29, 0.717) is 5.75 Å². The summed E-state index contributed by atoms with van der Waals surface area (Å²) in [5.74, 6) is 0.369. The van der Waals surface area contributed by atoms with Gasteiger partial charge in [-0.05, 0) is 57.4 Å². The molecule has 1 aliphatic carbocycles. The second kappa shape index (κ2) is 11.0. The van der Waals surface area contributed by atoms with E-state index in [1.165, 1.54) is 6.33 Å². The van der Waals surface area contributed by atoms with Crippen LogP contribution in [0.4, 0.5) is 0 Å². The lowest BCUT2D eigenvalue weighted by atomic mass is 9.93. The van der Waals surface area contributed by atoms with Gasteiger partial charge in [-0.2, -0.15) is 0 Å². The zero-order valence-electron chi connectivity index (χ0n) is 23.3. The molecule has 1 saturated carbocycles. The van der Waals surface area contributed by atoms with Crippen LogP contribution in [0, 0.1) is 0 Å². The van der Waals surface area contributed by atoms with E-state index in [4.69, 9.17) is 9.47 Å². The maximum atomic E-state index is 13.9. The van der Waals surface area contributed by atoms with E-state index in [1.54, 1.807) is 23.5 Å². The first kappa shape index (κ1) is 27.2. The van der Waals surface area contributed by atoms with Gasteiger partial charge in [0, 0.05) is 24.7 Å². The van der Waals surface area contributed by atoms with Crippen LogP contribution in [-0.4, -0.2) is 57.0 Å². The monoisotopic (exact) mass is 545 g/mol. The fourth-order valence-electron chi connectivity index (χ4n) is 5.16. The molecule has 2 aromatic carbocycles. The summed E-state index contributed by atoms with van der Waals surface area (Å²) in [5, 5.41) is 5.86. The zero-order chi connectivity index (χ0) is 28.4. The average molecular weight is 546 g/mol. The van der Waals surface area contributed by atoms with E-state index in [-0.39, 0.29) is 55.0 Å². The maximum Gasteiger partial charge on any atom is 0.274 e. The number of para-hydroxylation sites is 1. The Morgan fingerprint density at radius 3 is 2.48 bits per heavy atom. The molecular weight excluding hydrogens is 510 g/mol. The molecule has 1 aromatic heterocycles. The van der Waals surface area contributed by atoms with E-state index < -0.39 is 11.4 Å². The minimum Gasteiger partial charge on any atom is -0.496 e. The molecule has 10 nitrogen and oxygen atoms in total. The van der Waals surface area contributed by atoms with Crippen LogP contribution in [0.5, 0.6) is 11.5 Å². The molecule has 0 spiro atoms. The predicted octanol–water partition coefficient (Wildman–Crippen LogP) is 3.30. The maximum absolute atomic E-state index is 13.9. The Hall–Kier alpha value is -4.34. The van der Waals surface area contributed by atoms with Crippen molar-refractivity contribution in [2.24, 2.45) is 0 Å². The second-order valence-corrected chi connectivity index (χ2v) is 10.7. The van der Waals surface area contributed by atoms with Gasteiger partial charge in [0.2, 0.25) is 5.91 Å². The smallest absolute Gasteiger partial charge is 0.274 e. The predicted molar refractivity (Wildman–Crippen MR) is 148 cm³/mol. The van der Waals surface area contributed by atoms with Gasteiger partial charge in [0.1, 0.15) is 22.7 Å². The third-order valence-electron chi connectivity index (χ3n) is 7.27. The van der Waals surface area contributed by atoms with Gasteiger partial charge in [0.25, 0.3) is 11.8 Å². The molecule has 2 heterocycles. The van der Waals surface area contributed by atoms with Crippen LogP contribution in [0.15, 0.2) is 54.9 Å². The van der Waals surface area contributed by atoms with E-state index in [0.717, 1.165) is 29.7 Å². The van der Waals surface area contributed by atoms with Gasteiger partial charge in [-0.25, -0.2) is 4.98 Å². The van der Waals surface area contributed by atoms with Crippen molar-refractivity contribution < 1.29 is 23.9 Å². The summed E-state index contributed by atoms with van der Waals surface area (Å²) in [6.07, 6.45) is 3.17. The number of hydrogen-bond acceptors (Lipinski definition) is 6. The van der Waals surface area contributed by atoms with Crippen molar-refractivity contribution >= 4 is 17.7 Å². The zero-order valence-corrected chi connectivity index (χ0v) is 23.3. The number of aromatic nitrogens is 2. The van der Waals surface area contributed by atoms with Crippen LogP contribution in [0.1, 0.15) is 65.7 Å². The molecule has 0 bridgehead atoms. The molecule has 10 heteroatoms. The number of nitrogens with zero attached hydrogens (tertiary/aromatic N) is 3. The Morgan fingerprint density at radius 1 is 1.07 bits per heavy atom. The molecule has 5 rings (SSSR count). The molecule has 40 heavy (non-hydrogen) atoms.